The second-order valence-corrected chi connectivity index (χ2v) is 8.55. The van der Waals surface area contributed by atoms with Crippen LogP contribution in [0.15, 0.2) is 34.1 Å². The maximum atomic E-state index is 12.8. The van der Waals surface area contributed by atoms with E-state index >= 15 is 0 Å². The van der Waals surface area contributed by atoms with Crippen molar-refractivity contribution in [3.8, 4) is 5.75 Å². The van der Waals surface area contributed by atoms with E-state index in [1.807, 2.05) is 49.7 Å². The summed E-state index contributed by atoms with van der Waals surface area (Å²) >= 11 is 1.63. The monoisotopic (exact) mass is 387 g/mol. The number of hydrogen-bond donors (Lipinski definition) is 1. The van der Waals surface area contributed by atoms with E-state index in [2.05, 4.69) is 5.10 Å². The molecule has 27 heavy (non-hydrogen) atoms. The molecule has 2 aromatic rings. The first-order valence-electron chi connectivity index (χ1n) is 9.43. The van der Waals surface area contributed by atoms with Crippen LogP contribution in [0, 0.1) is 0 Å². The van der Waals surface area contributed by atoms with Gasteiger partial charge in [0.2, 0.25) is 0 Å². The Kier molecular flexibility index (Phi) is 5.14. The molecule has 0 aliphatic carbocycles. The molecular formula is C20H25N3O3S. The van der Waals surface area contributed by atoms with Crippen LogP contribution < -0.4 is 10.3 Å². The molecule has 1 fully saturated rings. The van der Waals surface area contributed by atoms with Gasteiger partial charge in [0.15, 0.2) is 5.82 Å². The molecule has 0 bridgehead atoms. The number of aliphatic imine (C=N–C) groups is 1. The first-order valence-corrected chi connectivity index (χ1v) is 10.3. The summed E-state index contributed by atoms with van der Waals surface area (Å²) in [5.74, 6) is 1.62. The molecule has 0 amide bonds. The quantitative estimate of drug-likeness (QED) is 0.854. The predicted molar refractivity (Wildman–Crippen MR) is 109 cm³/mol. The highest BCUT2D eigenvalue weighted by molar-refractivity contribution is 8.14. The molecule has 1 saturated heterocycles. The summed E-state index contributed by atoms with van der Waals surface area (Å²) in [6, 6.07) is 8.27. The SMILES string of the molecule is CC1=Nc2c(c(=O)[nH]n2C2CCOCC2)C(c2ccc(OC(C)C)cc2)S1. The van der Waals surface area contributed by atoms with Gasteiger partial charge in [-0.1, -0.05) is 23.9 Å². The van der Waals surface area contributed by atoms with Gasteiger partial charge in [-0.15, -0.1) is 0 Å². The van der Waals surface area contributed by atoms with Gasteiger partial charge in [-0.2, -0.15) is 0 Å². The molecule has 3 heterocycles. The number of benzene rings is 1. The predicted octanol–water partition coefficient (Wildman–Crippen LogP) is 4.20. The summed E-state index contributed by atoms with van der Waals surface area (Å²) in [5.41, 5.74) is 1.78. The molecule has 1 aromatic carbocycles. The van der Waals surface area contributed by atoms with Gasteiger partial charge in [0.1, 0.15) is 5.75 Å². The van der Waals surface area contributed by atoms with Gasteiger partial charge in [-0.3, -0.25) is 14.6 Å². The van der Waals surface area contributed by atoms with E-state index in [4.69, 9.17) is 14.5 Å². The molecule has 4 rings (SSSR count). The largest absolute Gasteiger partial charge is 0.491 e. The Morgan fingerprint density at radius 2 is 1.96 bits per heavy atom. The van der Waals surface area contributed by atoms with Crippen molar-refractivity contribution in [2.75, 3.05) is 13.2 Å². The highest BCUT2D eigenvalue weighted by atomic mass is 32.2. The van der Waals surface area contributed by atoms with E-state index < -0.39 is 0 Å². The Bertz CT molecular complexity index is 892. The van der Waals surface area contributed by atoms with E-state index in [-0.39, 0.29) is 23.0 Å². The summed E-state index contributed by atoms with van der Waals surface area (Å²) in [7, 11) is 0. The van der Waals surface area contributed by atoms with Crippen LogP contribution in [0.5, 0.6) is 5.75 Å². The van der Waals surface area contributed by atoms with E-state index in [1.165, 1.54) is 0 Å². The van der Waals surface area contributed by atoms with Crippen LogP contribution in [0.4, 0.5) is 5.82 Å². The standard InChI is InChI=1S/C20H25N3O3S/c1-12(2)26-16-6-4-14(5-7-16)18-17-19(21-13(3)27-18)23(22-20(17)24)15-8-10-25-11-9-15/h4-7,12,15,18H,8-11H2,1-3H3,(H,22,24). The van der Waals surface area contributed by atoms with Gasteiger partial charge in [-0.05, 0) is 51.3 Å². The van der Waals surface area contributed by atoms with Gasteiger partial charge in [-0.25, -0.2) is 4.99 Å². The molecule has 1 aromatic heterocycles. The van der Waals surface area contributed by atoms with Crippen LogP contribution in [0.25, 0.3) is 0 Å². The van der Waals surface area contributed by atoms with E-state index in [1.54, 1.807) is 11.8 Å². The number of thioether (sulfide) groups is 1. The van der Waals surface area contributed by atoms with E-state index in [0.717, 1.165) is 53.8 Å². The second-order valence-electron chi connectivity index (χ2n) is 7.26. The maximum absolute atomic E-state index is 12.8. The number of rotatable bonds is 4. The summed E-state index contributed by atoms with van der Waals surface area (Å²) in [6.45, 7) is 7.46. The van der Waals surface area contributed by atoms with Crippen molar-refractivity contribution < 1.29 is 9.47 Å². The smallest absolute Gasteiger partial charge is 0.271 e. The fraction of sp³-hybridized carbons (Fsp3) is 0.500. The van der Waals surface area contributed by atoms with Crippen molar-refractivity contribution in [1.29, 1.82) is 0 Å². The molecular weight excluding hydrogens is 362 g/mol. The van der Waals surface area contributed by atoms with Gasteiger partial charge in [0, 0.05) is 13.2 Å². The molecule has 1 unspecified atom stereocenters. The first-order chi connectivity index (χ1) is 13.0. The zero-order valence-corrected chi connectivity index (χ0v) is 16.7. The summed E-state index contributed by atoms with van der Waals surface area (Å²) in [6.07, 6.45) is 1.92. The van der Waals surface area contributed by atoms with Crippen LogP contribution in [-0.2, 0) is 4.74 Å². The Hall–Kier alpha value is -1.99. The molecule has 1 atom stereocenters. The lowest BCUT2D eigenvalue weighted by molar-refractivity contribution is 0.0666. The Morgan fingerprint density at radius 3 is 2.63 bits per heavy atom. The fourth-order valence-corrected chi connectivity index (χ4v) is 4.75. The van der Waals surface area contributed by atoms with Crippen molar-refractivity contribution in [3.63, 3.8) is 0 Å². The highest BCUT2D eigenvalue weighted by Gasteiger charge is 2.32. The molecule has 0 spiro atoms. The Labute approximate surface area is 163 Å². The number of aromatic amines is 1. The van der Waals surface area contributed by atoms with E-state index in [9.17, 15) is 4.79 Å². The normalized spacial score (nSPS) is 20.4. The van der Waals surface area contributed by atoms with Crippen molar-refractivity contribution in [1.82, 2.24) is 9.78 Å². The Morgan fingerprint density at radius 1 is 1.26 bits per heavy atom. The average molecular weight is 388 g/mol. The van der Waals surface area contributed by atoms with Crippen molar-refractivity contribution in [2.24, 2.45) is 4.99 Å². The van der Waals surface area contributed by atoms with Crippen LogP contribution in [0.1, 0.15) is 56.0 Å². The third kappa shape index (κ3) is 3.71. The average Bonchev–Trinajstić information content (AvgIpc) is 2.98. The molecule has 7 heteroatoms. The van der Waals surface area contributed by atoms with Gasteiger partial charge < -0.3 is 9.47 Å². The first kappa shape index (κ1) is 18.4. The fourth-order valence-electron chi connectivity index (χ4n) is 3.64. The summed E-state index contributed by atoms with van der Waals surface area (Å²) in [4.78, 5) is 17.5. The third-order valence-electron chi connectivity index (χ3n) is 4.86. The molecule has 6 nitrogen and oxygen atoms in total. The van der Waals surface area contributed by atoms with Crippen LogP contribution in [-0.4, -0.2) is 34.1 Å². The topological polar surface area (TPSA) is 68.6 Å². The number of nitrogens with one attached hydrogen (secondary N) is 1. The lowest BCUT2D eigenvalue weighted by Gasteiger charge is -2.26. The van der Waals surface area contributed by atoms with Crippen molar-refractivity contribution >= 4 is 22.6 Å². The van der Waals surface area contributed by atoms with Crippen molar-refractivity contribution in [2.45, 2.75) is 51.0 Å². The van der Waals surface area contributed by atoms with Crippen LogP contribution in [0.3, 0.4) is 0 Å². The van der Waals surface area contributed by atoms with Crippen molar-refractivity contribution in [3.05, 3.63) is 45.7 Å². The number of H-pyrrole nitrogens is 1. The lowest BCUT2D eigenvalue weighted by atomic mass is 10.1. The minimum Gasteiger partial charge on any atom is -0.491 e. The second kappa shape index (κ2) is 7.56. The minimum absolute atomic E-state index is 0.0484. The third-order valence-corrected chi connectivity index (χ3v) is 6.04. The van der Waals surface area contributed by atoms with E-state index in [0.29, 0.717) is 0 Å². The lowest BCUT2D eigenvalue weighted by Crippen LogP contribution is -2.21. The number of fused-ring (bicyclic) bond motifs is 1. The molecule has 144 valence electrons. The Balaban J connectivity index is 1.70. The van der Waals surface area contributed by atoms with Crippen LogP contribution >= 0.6 is 11.8 Å². The van der Waals surface area contributed by atoms with Crippen LogP contribution in [0.2, 0.25) is 0 Å². The number of ether oxygens (including phenoxy) is 2. The molecule has 0 saturated carbocycles. The minimum atomic E-state index is -0.0598. The molecule has 2 aliphatic rings. The summed E-state index contributed by atoms with van der Waals surface area (Å²) < 4.78 is 13.2. The molecule has 0 radical (unpaired) electrons. The molecule has 2 aliphatic heterocycles. The number of aromatic nitrogens is 2. The summed E-state index contributed by atoms with van der Waals surface area (Å²) in [5, 5.41) is 3.95. The van der Waals surface area contributed by atoms with Gasteiger partial charge >= 0.3 is 0 Å². The van der Waals surface area contributed by atoms with Gasteiger partial charge in [0.05, 0.1) is 28.0 Å². The zero-order chi connectivity index (χ0) is 19.0. The van der Waals surface area contributed by atoms with Gasteiger partial charge in [0.25, 0.3) is 5.56 Å². The highest BCUT2D eigenvalue weighted by Crippen LogP contribution is 2.44. The maximum Gasteiger partial charge on any atom is 0.271 e. The number of hydrogen-bond acceptors (Lipinski definition) is 5. The zero-order valence-electron chi connectivity index (χ0n) is 15.9. The molecule has 1 N–H and O–H groups in total. The number of nitrogens with zero attached hydrogens (tertiary/aromatic N) is 2.